The summed E-state index contributed by atoms with van der Waals surface area (Å²) in [7, 11) is 0. The van der Waals surface area contributed by atoms with E-state index in [1.165, 1.54) is 53.1 Å². The summed E-state index contributed by atoms with van der Waals surface area (Å²) < 4.78 is 0. The van der Waals surface area contributed by atoms with Gasteiger partial charge in [-0.2, -0.15) is 0 Å². The zero-order chi connectivity index (χ0) is 20.1. The van der Waals surface area contributed by atoms with E-state index in [1.54, 1.807) is 0 Å². The molecule has 4 rings (SSSR count). The molecule has 2 heterocycles. The molecule has 2 aromatic rings. The van der Waals surface area contributed by atoms with Gasteiger partial charge in [0.05, 0.1) is 10.7 Å². The lowest BCUT2D eigenvalue weighted by atomic mass is 9.63. The highest BCUT2D eigenvalue weighted by molar-refractivity contribution is 7.10. The molecular weight excluding hydrogens is 360 g/mol. The summed E-state index contributed by atoms with van der Waals surface area (Å²) >= 11 is 1.85. The fraction of sp³-hybridized carbons (Fsp3) is 0.560. The second kappa shape index (κ2) is 7.02. The SMILES string of the molecule is C=C(C)N1CCC(c2nc(-c3ccc4c(c3)C(C)(C)CCC4(C)C)cs2)CC1. The van der Waals surface area contributed by atoms with Crippen LogP contribution in [-0.2, 0) is 10.8 Å². The fourth-order valence-corrected chi connectivity index (χ4v) is 5.86. The molecule has 0 unspecified atom stereocenters. The van der Waals surface area contributed by atoms with E-state index < -0.39 is 0 Å². The zero-order valence-corrected chi connectivity index (χ0v) is 19.0. The predicted octanol–water partition coefficient (Wildman–Crippen LogP) is 6.87. The van der Waals surface area contributed by atoms with Crippen LogP contribution in [0, 0.1) is 0 Å². The lowest BCUT2D eigenvalue weighted by Gasteiger charge is -2.42. The van der Waals surface area contributed by atoms with E-state index in [4.69, 9.17) is 4.98 Å². The first-order chi connectivity index (χ1) is 13.2. The molecule has 1 aromatic carbocycles. The summed E-state index contributed by atoms with van der Waals surface area (Å²) in [5, 5.41) is 3.58. The molecule has 28 heavy (non-hydrogen) atoms. The topological polar surface area (TPSA) is 16.1 Å². The molecular formula is C25H34N2S. The van der Waals surface area contributed by atoms with Gasteiger partial charge in [0.1, 0.15) is 0 Å². The van der Waals surface area contributed by atoms with Crippen LogP contribution < -0.4 is 0 Å². The first-order valence-electron chi connectivity index (χ1n) is 10.7. The second-order valence-corrected chi connectivity index (χ2v) is 11.0. The Morgan fingerprint density at radius 3 is 2.36 bits per heavy atom. The molecule has 1 aliphatic carbocycles. The maximum atomic E-state index is 5.08. The summed E-state index contributed by atoms with van der Waals surface area (Å²) in [6.07, 6.45) is 4.88. The number of hydrogen-bond acceptors (Lipinski definition) is 3. The van der Waals surface area contributed by atoms with Crippen molar-refractivity contribution in [2.75, 3.05) is 13.1 Å². The second-order valence-electron chi connectivity index (χ2n) is 10.1. The summed E-state index contributed by atoms with van der Waals surface area (Å²) in [6, 6.07) is 7.10. The Balaban J connectivity index is 1.59. The van der Waals surface area contributed by atoms with Crippen molar-refractivity contribution in [2.45, 2.75) is 77.0 Å². The van der Waals surface area contributed by atoms with Crippen molar-refractivity contribution < 1.29 is 0 Å². The third-order valence-electron chi connectivity index (χ3n) is 7.05. The van der Waals surface area contributed by atoms with Crippen molar-refractivity contribution >= 4 is 11.3 Å². The van der Waals surface area contributed by atoms with Crippen molar-refractivity contribution in [1.29, 1.82) is 0 Å². The van der Waals surface area contributed by atoms with Crippen LogP contribution in [0.3, 0.4) is 0 Å². The van der Waals surface area contributed by atoms with Crippen LogP contribution in [-0.4, -0.2) is 23.0 Å². The predicted molar refractivity (Wildman–Crippen MR) is 121 cm³/mol. The molecule has 0 atom stereocenters. The Labute approximate surface area is 174 Å². The van der Waals surface area contributed by atoms with Crippen LogP contribution in [0.1, 0.15) is 82.4 Å². The van der Waals surface area contributed by atoms with Gasteiger partial charge in [-0.1, -0.05) is 46.4 Å². The first kappa shape index (κ1) is 19.7. The Bertz CT molecular complexity index is 882. The van der Waals surface area contributed by atoms with Crippen LogP contribution in [0.25, 0.3) is 11.3 Å². The van der Waals surface area contributed by atoms with Crippen LogP contribution in [0.2, 0.25) is 0 Å². The molecule has 0 spiro atoms. The number of likely N-dealkylation sites (tertiary alicyclic amines) is 1. The minimum Gasteiger partial charge on any atom is -0.375 e. The number of nitrogens with zero attached hydrogens (tertiary/aromatic N) is 2. The lowest BCUT2D eigenvalue weighted by molar-refractivity contribution is 0.264. The van der Waals surface area contributed by atoms with E-state index in [0.717, 1.165) is 18.8 Å². The third-order valence-corrected chi connectivity index (χ3v) is 8.06. The van der Waals surface area contributed by atoms with Gasteiger partial charge in [-0.25, -0.2) is 4.98 Å². The van der Waals surface area contributed by atoms with Crippen molar-refractivity contribution in [1.82, 2.24) is 9.88 Å². The van der Waals surface area contributed by atoms with Crippen molar-refractivity contribution in [2.24, 2.45) is 0 Å². The molecule has 0 radical (unpaired) electrons. The van der Waals surface area contributed by atoms with E-state index in [2.05, 4.69) is 69.7 Å². The van der Waals surface area contributed by atoms with Gasteiger partial charge in [0.25, 0.3) is 0 Å². The normalized spacial score (nSPS) is 21.4. The van der Waals surface area contributed by atoms with Crippen LogP contribution >= 0.6 is 11.3 Å². The largest absolute Gasteiger partial charge is 0.375 e. The van der Waals surface area contributed by atoms with Crippen LogP contribution in [0.5, 0.6) is 0 Å². The first-order valence-corrected chi connectivity index (χ1v) is 11.6. The molecule has 1 fully saturated rings. The molecule has 0 N–H and O–H groups in total. The molecule has 3 heteroatoms. The minimum atomic E-state index is 0.245. The van der Waals surface area contributed by atoms with E-state index in [-0.39, 0.29) is 10.8 Å². The molecule has 0 saturated carbocycles. The zero-order valence-electron chi connectivity index (χ0n) is 18.1. The Morgan fingerprint density at radius 2 is 1.71 bits per heavy atom. The highest BCUT2D eigenvalue weighted by Crippen LogP contribution is 2.47. The summed E-state index contributed by atoms with van der Waals surface area (Å²) in [6.45, 7) is 18.0. The van der Waals surface area contributed by atoms with E-state index in [9.17, 15) is 0 Å². The standard InChI is InChI=1S/C25H34N2S/c1-17(2)27-13-9-18(10-14-27)23-26-22(16-28-23)19-7-8-20-21(15-19)25(5,6)12-11-24(20,3)4/h7-8,15-16,18H,1,9-14H2,2-6H3. The van der Waals surface area contributed by atoms with Gasteiger partial charge in [0.15, 0.2) is 0 Å². The van der Waals surface area contributed by atoms with Gasteiger partial charge in [-0.15, -0.1) is 11.3 Å². The average Bonchev–Trinajstić information content (AvgIpc) is 3.15. The lowest BCUT2D eigenvalue weighted by Crippen LogP contribution is -2.33. The van der Waals surface area contributed by atoms with Crippen molar-refractivity contribution in [3.05, 3.63) is 52.0 Å². The molecule has 150 valence electrons. The molecule has 1 saturated heterocycles. The van der Waals surface area contributed by atoms with Gasteiger partial charge in [0, 0.05) is 35.6 Å². The third kappa shape index (κ3) is 3.54. The number of piperidine rings is 1. The monoisotopic (exact) mass is 394 g/mol. The number of allylic oxidation sites excluding steroid dienone is 1. The van der Waals surface area contributed by atoms with Crippen molar-refractivity contribution in [3.8, 4) is 11.3 Å². The average molecular weight is 395 g/mol. The molecule has 2 nitrogen and oxygen atoms in total. The summed E-state index contributed by atoms with van der Waals surface area (Å²) in [4.78, 5) is 7.49. The maximum Gasteiger partial charge on any atom is 0.0964 e. The molecule has 1 aromatic heterocycles. The van der Waals surface area contributed by atoms with Crippen LogP contribution in [0.15, 0.2) is 35.9 Å². The number of hydrogen-bond donors (Lipinski definition) is 0. The number of benzene rings is 1. The number of aromatic nitrogens is 1. The highest BCUT2D eigenvalue weighted by Gasteiger charge is 2.37. The number of thiazole rings is 1. The smallest absolute Gasteiger partial charge is 0.0964 e. The van der Waals surface area contributed by atoms with Gasteiger partial charge in [-0.05, 0) is 60.6 Å². The summed E-state index contributed by atoms with van der Waals surface area (Å²) in [5.74, 6) is 0.599. The Morgan fingerprint density at radius 1 is 1.07 bits per heavy atom. The van der Waals surface area contributed by atoms with Crippen LogP contribution in [0.4, 0.5) is 0 Å². The minimum absolute atomic E-state index is 0.245. The molecule has 1 aliphatic heterocycles. The number of rotatable bonds is 3. The van der Waals surface area contributed by atoms with E-state index in [1.807, 2.05) is 11.3 Å². The Kier molecular flexibility index (Phi) is 4.94. The van der Waals surface area contributed by atoms with Crippen molar-refractivity contribution in [3.63, 3.8) is 0 Å². The highest BCUT2D eigenvalue weighted by atomic mass is 32.1. The maximum absolute atomic E-state index is 5.08. The number of fused-ring (bicyclic) bond motifs is 1. The molecule has 0 bridgehead atoms. The van der Waals surface area contributed by atoms with E-state index in [0.29, 0.717) is 5.92 Å². The molecule has 2 aliphatic rings. The van der Waals surface area contributed by atoms with Gasteiger partial charge >= 0.3 is 0 Å². The quantitative estimate of drug-likeness (QED) is 0.564. The molecule has 0 amide bonds. The van der Waals surface area contributed by atoms with Gasteiger partial charge < -0.3 is 4.90 Å². The summed E-state index contributed by atoms with van der Waals surface area (Å²) in [5.41, 5.74) is 7.19. The van der Waals surface area contributed by atoms with Gasteiger partial charge in [-0.3, -0.25) is 0 Å². The Hall–Kier alpha value is -1.61. The van der Waals surface area contributed by atoms with Gasteiger partial charge in [0.2, 0.25) is 0 Å². The van der Waals surface area contributed by atoms with E-state index >= 15 is 0 Å². The fourth-order valence-electron chi connectivity index (χ4n) is 4.86.